The van der Waals surface area contributed by atoms with Crippen LogP contribution in [0.2, 0.25) is 0 Å². The molecule has 5 heteroatoms. The van der Waals surface area contributed by atoms with E-state index < -0.39 is 11.5 Å². The molecule has 0 saturated heterocycles. The van der Waals surface area contributed by atoms with Crippen molar-refractivity contribution in [3.63, 3.8) is 0 Å². The summed E-state index contributed by atoms with van der Waals surface area (Å²) in [6, 6.07) is 0. The van der Waals surface area contributed by atoms with Crippen LogP contribution in [0.4, 0.5) is 0 Å². The normalized spacial score (nSPS) is 13.2. The Hall–Kier alpha value is -1.10. The van der Waals surface area contributed by atoms with E-state index in [2.05, 4.69) is 10.6 Å². The summed E-state index contributed by atoms with van der Waals surface area (Å²) in [6.45, 7) is 5.77. The predicted octanol–water partition coefficient (Wildman–Crippen LogP) is 0.601. The lowest BCUT2D eigenvalue weighted by molar-refractivity contribution is -0.141. The van der Waals surface area contributed by atoms with E-state index in [9.17, 15) is 9.59 Å². The van der Waals surface area contributed by atoms with Gasteiger partial charge >= 0.3 is 5.97 Å². The van der Waals surface area contributed by atoms with Crippen molar-refractivity contribution in [2.45, 2.75) is 39.2 Å². The monoisotopic (exact) mass is 230 g/mol. The second-order valence-electron chi connectivity index (χ2n) is 4.51. The average molecular weight is 230 g/mol. The minimum atomic E-state index is -0.790. The van der Waals surface area contributed by atoms with Gasteiger partial charge in [0.1, 0.15) is 0 Å². The van der Waals surface area contributed by atoms with Gasteiger partial charge < -0.3 is 15.7 Å². The number of hydrogen-bond acceptors (Lipinski definition) is 3. The summed E-state index contributed by atoms with van der Waals surface area (Å²) in [4.78, 5) is 22.1. The number of hydrogen-bond donors (Lipinski definition) is 3. The van der Waals surface area contributed by atoms with Gasteiger partial charge in [-0.15, -0.1) is 0 Å². The van der Waals surface area contributed by atoms with Crippen molar-refractivity contribution in [2.24, 2.45) is 5.92 Å². The van der Waals surface area contributed by atoms with Crippen LogP contribution in [0.1, 0.15) is 33.6 Å². The number of carboxylic acids is 1. The Morgan fingerprint density at radius 2 is 1.94 bits per heavy atom. The molecule has 0 heterocycles. The minimum Gasteiger partial charge on any atom is -0.481 e. The van der Waals surface area contributed by atoms with Gasteiger partial charge in [-0.2, -0.15) is 0 Å². The molecule has 0 fully saturated rings. The molecule has 16 heavy (non-hydrogen) atoms. The first-order valence-electron chi connectivity index (χ1n) is 5.51. The first-order valence-corrected chi connectivity index (χ1v) is 5.51. The van der Waals surface area contributed by atoms with E-state index in [1.165, 1.54) is 0 Å². The largest absolute Gasteiger partial charge is 0.481 e. The number of carbonyl (C=O) groups excluding carboxylic acids is 1. The third kappa shape index (κ3) is 5.11. The molecule has 0 aromatic rings. The molecule has 0 aliphatic rings. The molecule has 0 aliphatic carbocycles. The molecule has 94 valence electrons. The Bertz CT molecular complexity index is 252. The molecule has 1 amide bonds. The van der Waals surface area contributed by atoms with E-state index >= 15 is 0 Å². The first-order chi connectivity index (χ1) is 7.31. The van der Waals surface area contributed by atoms with Crippen LogP contribution in [0, 0.1) is 5.92 Å². The van der Waals surface area contributed by atoms with Crippen molar-refractivity contribution in [3.05, 3.63) is 0 Å². The number of rotatable bonds is 7. The maximum atomic E-state index is 11.6. The standard InChI is InChI=1S/C11H22N2O3/c1-8(9(14)15)6-5-7-13-10(16)11(2,3)12-4/h8,12H,5-7H2,1-4H3,(H,13,16)(H,14,15). The molecule has 0 saturated carbocycles. The summed E-state index contributed by atoms with van der Waals surface area (Å²) in [6.07, 6.45) is 1.26. The van der Waals surface area contributed by atoms with Gasteiger partial charge in [0.15, 0.2) is 0 Å². The van der Waals surface area contributed by atoms with Crippen molar-refractivity contribution >= 4 is 11.9 Å². The minimum absolute atomic E-state index is 0.0713. The van der Waals surface area contributed by atoms with E-state index in [0.29, 0.717) is 19.4 Å². The highest BCUT2D eigenvalue weighted by atomic mass is 16.4. The molecule has 0 rings (SSSR count). The lowest BCUT2D eigenvalue weighted by Crippen LogP contribution is -2.51. The number of aliphatic carboxylic acids is 1. The Morgan fingerprint density at radius 3 is 2.38 bits per heavy atom. The number of carboxylic acid groups (broad SMARTS) is 1. The zero-order valence-corrected chi connectivity index (χ0v) is 10.5. The van der Waals surface area contributed by atoms with E-state index in [0.717, 1.165) is 0 Å². The topological polar surface area (TPSA) is 78.4 Å². The highest BCUT2D eigenvalue weighted by molar-refractivity contribution is 5.85. The summed E-state index contributed by atoms with van der Waals surface area (Å²) in [7, 11) is 1.73. The molecule has 0 bridgehead atoms. The molecular weight excluding hydrogens is 208 g/mol. The highest BCUT2D eigenvalue weighted by Crippen LogP contribution is 2.05. The lowest BCUT2D eigenvalue weighted by Gasteiger charge is -2.22. The first kappa shape index (κ1) is 14.9. The van der Waals surface area contributed by atoms with Crippen LogP contribution < -0.4 is 10.6 Å². The maximum Gasteiger partial charge on any atom is 0.306 e. The van der Waals surface area contributed by atoms with Crippen molar-refractivity contribution < 1.29 is 14.7 Å². The fraction of sp³-hybridized carbons (Fsp3) is 0.818. The van der Waals surface area contributed by atoms with Crippen LogP contribution in [0.3, 0.4) is 0 Å². The van der Waals surface area contributed by atoms with Crippen molar-refractivity contribution in [1.29, 1.82) is 0 Å². The lowest BCUT2D eigenvalue weighted by atomic mass is 10.0. The van der Waals surface area contributed by atoms with E-state index in [1.807, 2.05) is 0 Å². The van der Waals surface area contributed by atoms with Gasteiger partial charge in [-0.3, -0.25) is 9.59 Å². The van der Waals surface area contributed by atoms with E-state index in [4.69, 9.17) is 5.11 Å². The molecule has 0 spiro atoms. The Kier molecular flexibility index (Phi) is 6.03. The van der Waals surface area contributed by atoms with Crippen LogP contribution >= 0.6 is 0 Å². The number of amides is 1. The van der Waals surface area contributed by atoms with Gasteiger partial charge in [-0.05, 0) is 33.7 Å². The number of nitrogens with one attached hydrogen (secondary N) is 2. The van der Waals surface area contributed by atoms with Crippen LogP contribution in [0.25, 0.3) is 0 Å². The van der Waals surface area contributed by atoms with Gasteiger partial charge in [-0.25, -0.2) is 0 Å². The van der Waals surface area contributed by atoms with Gasteiger partial charge in [0, 0.05) is 6.54 Å². The third-order valence-corrected chi connectivity index (χ3v) is 2.71. The molecule has 0 radical (unpaired) electrons. The summed E-state index contributed by atoms with van der Waals surface area (Å²) < 4.78 is 0. The van der Waals surface area contributed by atoms with E-state index in [1.54, 1.807) is 27.8 Å². The zero-order chi connectivity index (χ0) is 12.8. The molecule has 5 nitrogen and oxygen atoms in total. The molecule has 0 aliphatic heterocycles. The SMILES string of the molecule is CNC(C)(C)C(=O)NCCCC(C)C(=O)O. The molecule has 0 aromatic carbocycles. The quantitative estimate of drug-likeness (QED) is 0.560. The second kappa shape index (κ2) is 6.48. The zero-order valence-electron chi connectivity index (χ0n) is 10.5. The van der Waals surface area contributed by atoms with Crippen molar-refractivity contribution in [2.75, 3.05) is 13.6 Å². The fourth-order valence-electron chi connectivity index (χ4n) is 1.07. The summed E-state index contributed by atoms with van der Waals surface area (Å²) >= 11 is 0. The van der Waals surface area contributed by atoms with Crippen molar-refractivity contribution in [3.8, 4) is 0 Å². The van der Waals surface area contributed by atoms with Gasteiger partial charge in [0.25, 0.3) is 0 Å². The van der Waals surface area contributed by atoms with Gasteiger partial charge in [0.2, 0.25) is 5.91 Å². The Labute approximate surface area is 96.6 Å². The van der Waals surface area contributed by atoms with Gasteiger partial charge in [-0.1, -0.05) is 6.92 Å². The molecule has 1 unspecified atom stereocenters. The average Bonchev–Trinajstić information content (AvgIpc) is 2.23. The molecule has 1 atom stereocenters. The molecule has 3 N–H and O–H groups in total. The highest BCUT2D eigenvalue weighted by Gasteiger charge is 2.24. The summed E-state index contributed by atoms with van der Waals surface area (Å²) in [5.74, 6) is -1.21. The van der Waals surface area contributed by atoms with Crippen molar-refractivity contribution in [1.82, 2.24) is 10.6 Å². The molecule has 0 aromatic heterocycles. The molecular formula is C11H22N2O3. The number of likely N-dealkylation sites (N-methyl/N-ethyl adjacent to an activating group) is 1. The summed E-state index contributed by atoms with van der Waals surface area (Å²) in [5, 5.41) is 14.3. The summed E-state index contributed by atoms with van der Waals surface area (Å²) in [5.41, 5.74) is -0.585. The predicted molar refractivity (Wildman–Crippen MR) is 62.2 cm³/mol. The van der Waals surface area contributed by atoms with Crippen LogP contribution in [-0.2, 0) is 9.59 Å². The van der Waals surface area contributed by atoms with Crippen LogP contribution in [0.15, 0.2) is 0 Å². The smallest absolute Gasteiger partial charge is 0.306 e. The third-order valence-electron chi connectivity index (χ3n) is 2.71. The Balaban J connectivity index is 3.76. The maximum absolute atomic E-state index is 11.6. The second-order valence-corrected chi connectivity index (χ2v) is 4.51. The van der Waals surface area contributed by atoms with Crippen LogP contribution in [0.5, 0.6) is 0 Å². The Morgan fingerprint density at radius 1 is 1.38 bits per heavy atom. The number of carbonyl (C=O) groups is 2. The fourth-order valence-corrected chi connectivity index (χ4v) is 1.07. The van der Waals surface area contributed by atoms with Crippen LogP contribution in [-0.4, -0.2) is 36.1 Å². The van der Waals surface area contributed by atoms with E-state index in [-0.39, 0.29) is 11.8 Å². The van der Waals surface area contributed by atoms with Gasteiger partial charge in [0.05, 0.1) is 11.5 Å².